The van der Waals surface area contributed by atoms with Crippen LogP contribution >= 0.6 is 0 Å². The summed E-state index contributed by atoms with van der Waals surface area (Å²) in [5, 5.41) is 17.5. The molecule has 0 saturated heterocycles. The second-order valence-electron chi connectivity index (χ2n) is 6.47. The summed E-state index contributed by atoms with van der Waals surface area (Å²) in [6.07, 6.45) is 1.61. The molecule has 0 aliphatic heterocycles. The lowest BCUT2D eigenvalue weighted by Crippen LogP contribution is -2.40. The van der Waals surface area contributed by atoms with Crippen molar-refractivity contribution in [3.05, 3.63) is 65.7 Å². The Bertz CT molecular complexity index is 733. The van der Waals surface area contributed by atoms with Gasteiger partial charge in [-0.1, -0.05) is 42.5 Å². The highest BCUT2D eigenvalue weighted by molar-refractivity contribution is 5.79. The Balaban J connectivity index is 1.54. The van der Waals surface area contributed by atoms with Gasteiger partial charge < -0.3 is 20.5 Å². The maximum Gasteiger partial charge on any atom is 0.191 e. The fraction of sp³-hybridized carbons (Fsp3) is 0.381. The minimum atomic E-state index is -0.876. The normalized spacial score (nSPS) is 19.1. The third-order valence-electron chi connectivity index (χ3n) is 4.58. The smallest absolute Gasteiger partial charge is 0.191 e. The number of aliphatic hydroxyl groups is 1. The summed E-state index contributed by atoms with van der Waals surface area (Å²) in [6.45, 7) is 4.31. The van der Waals surface area contributed by atoms with E-state index in [1.807, 2.05) is 55.5 Å². The predicted octanol–water partition coefficient (Wildman–Crippen LogP) is 2.45. The zero-order chi connectivity index (χ0) is 18.2. The third-order valence-corrected chi connectivity index (χ3v) is 4.58. The van der Waals surface area contributed by atoms with Gasteiger partial charge in [-0.15, -0.1) is 0 Å². The summed E-state index contributed by atoms with van der Waals surface area (Å²) in [4.78, 5) is 4.60. The molecular weight excluding hydrogens is 326 g/mol. The molecule has 1 aliphatic rings. The molecule has 5 heteroatoms. The number of hydrogen-bond donors (Lipinski definition) is 3. The van der Waals surface area contributed by atoms with Gasteiger partial charge in [0.25, 0.3) is 0 Å². The molecule has 0 radical (unpaired) electrons. The lowest BCUT2D eigenvalue weighted by atomic mass is 9.96. The highest BCUT2D eigenvalue weighted by Gasteiger charge is 2.36. The Hall–Kier alpha value is -2.53. The Morgan fingerprint density at radius 2 is 1.88 bits per heavy atom. The summed E-state index contributed by atoms with van der Waals surface area (Å²) < 4.78 is 5.68. The van der Waals surface area contributed by atoms with E-state index in [0.717, 1.165) is 24.3 Å². The van der Waals surface area contributed by atoms with E-state index in [4.69, 9.17) is 4.74 Å². The van der Waals surface area contributed by atoms with E-state index in [-0.39, 0.29) is 0 Å². The first-order chi connectivity index (χ1) is 12.7. The van der Waals surface area contributed by atoms with E-state index in [9.17, 15) is 5.11 Å². The molecule has 0 amide bonds. The number of para-hydroxylation sites is 1. The van der Waals surface area contributed by atoms with Crippen LogP contribution in [0.4, 0.5) is 0 Å². The number of rotatable bonds is 7. The second kappa shape index (κ2) is 8.72. The lowest BCUT2D eigenvalue weighted by Gasteiger charge is -2.22. The average molecular weight is 353 g/mol. The predicted molar refractivity (Wildman–Crippen MR) is 105 cm³/mol. The summed E-state index contributed by atoms with van der Waals surface area (Å²) in [6, 6.07) is 17.8. The molecule has 5 nitrogen and oxygen atoms in total. The Morgan fingerprint density at radius 1 is 1.12 bits per heavy atom. The molecule has 3 N–H and O–H groups in total. The van der Waals surface area contributed by atoms with Gasteiger partial charge >= 0.3 is 0 Å². The molecule has 0 fully saturated rings. The molecule has 1 aliphatic carbocycles. The van der Waals surface area contributed by atoms with Crippen molar-refractivity contribution in [1.82, 2.24) is 10.6 Å². The summed E-state index contributed by atoms with van der Waals surface area (Å²) in [5.74, 6) is 1.55. The fourth-order valence-corrected chi connectivity index (χ4v) is 3.24. The van der Waals surface area contributed by atoms with Crippen LogP contribution in [0.2, 0.25) is 0 Å². The van der Waals surface area contributed by atoms with Gasteiger partial charge in [-0.3, -0.25) is 0 Å². The topological polar surface area (TPSA) is 65.9 Å². The van der Waals surface area contributed by atoms with Crippen LogP contribution in [-0.4, -0.2) is 37.3 Å². The summed E-state index contributed by atoms with van der Waals surface area (Å²) >= 11 is 0. The van der Waals surface area contributed by atoms with E-state index < -0.39 is 5.60 Å². The average Bonchev–Trinajstić information content (AvgIpc) is 3.02. The van der Waals surface area contributed by atoms with Crippen LogP contribution in [0.3, 0.4) is 0 Å². The molecular formula is C21H27N3O2. The number of fused-ring (bicyclic) bond motifs is 1. The van der Waals surface area contributed by atoms with Gasteiger partial charge in [0.1, 0.15) is 18.0 Å². The van der Waals surface area contributed by atoms with E-state index in [1.165, 1.54) is 5.56 Å². The Morgan fingerprint density at radius 3 is 2.69 bits per heavy atom. The van der Waals surface area contributed by atoms with Gasteiger partial charge in [0.2, 0.25) is 0 Å². The van der Waals surface area contributed by atoms with Crippen LogP contribution < -0.4 is 15.4 Å². The Labute approximate surface area is 155 Å². The second-order valence-corrected chi connectivity index (χ2v) is 6.47. The number of hydrogen-bond acceptors (Lipinski definition) is 3. The zero-order valence-electron chi connectivity index (χ0n) is 15.2. The first kappa shape index (κ1) is 18.3. The largest absolute Gasteiger partial charge is 0.492 e. The highest BCUT2D eigenvalue weighted by Crippen LogP contribution is 2.36. The van der Waals surface area contributed by atoms with Crippen molar-refractivity contribution in [2.24, 2.45) is 4.99 Å². The first-order valence-electron chi connectivity index (χ1n) is 9.22. The number of nitrogens with zero attached hydrogens (tertiary/aromatic N) is 1. The fourth-order valence-electron chi connectivity index (χ4n) is 3.24. The van der Waals surface area contributed by atoms with Gasteiger partial charge in [-0.05, 0) is 43.0 Å². The highest BCUT2D eigenvalue weighted by atomic mass is 16.5. The van der Waals surface area contributed by atoms with Crippen LogP contribution in [0, 0.1) is 0 Å². The number of aryl methyl sites for hydroxylation is 1. The molecule has 0 heterocycles. The number of benzene rings is 2. The molecule has 1 atom stereocenters. The van der Waals surface area contributed by atoms with Crippen molar-refractivity contribution in [3.8, 4) is 5.75 Å². The molecule has 0 bridgehead atoms. The van der Waals surface area contributed by atoms with Crippen molar-refractivity contribution in [3.63, 3.8) is 0 Å². The Kier molecular flexibility index (Phi) is 6.12. The standard InChI is InChI=1S/C21H27N3O2/c1-2-22-20(23-14-15-26-18-9-4-3-5-10-18)24-16-21(25)13-12-17-8-6-7-11-19(17)21/h3-11,25H,2,12-16H2,1H3,(H2,22,23,24). The third kappa shape index (κ3) is 4.55. The van der Waals surface area contributed by atoms with Crippen molar-refractivity contribution in [2.75, 3.05) is 26.2 Å². The quantitative estimate of drug-likeness (QED) is 0.406. The van der Waals surface area contributed by atoms with Crippen LogP contribution in [0.25, 0.3) is 0 Å². The van der Waals surface area contributed by atoms with Gasteiger partial charge in [0.15, 0.2) is 5.96 Å². The monoisotopic (exact) mass is 353 g/mol. The SMILES string of the molecule is CCNC(=NCC1(O)CCc2ccccc21)NCCOc1ccccc1. The van der Waals surface area contributed by atoms with Crippen molar-refractivity contribution in [2.45, 2.75) is 25.4 Å². The summed E-state index contributed by atoms with van der Waals surface area (Å²) in [7, 11) is 0. The van der Waals surface area contributed by atoms with Gasteiger partial charge in [-0.25, -0.2) is 4.99 Å². The number of aliphatic imine (C=N–C) groups is 1. The number of guanidine groups is 1. The number of ether oxygens (including phenoxy) is 1. The molecule has 2 aromatic rings. The minimum Gasteiger partial charge on any atom is -0.492 e. The van der Waals surface area contributed by atoms with Crippen LogP contribution in [0.5, 0.6) is 5.75 Å². The molecule has 2 aromatic carbocycles. The van der Waals surface area contributed by atoms with Gasteiger partial charge in [-0.2, -0.15) is 0 Å². The van der Waals surface area contributed by atoms with E-state index in [0.29, 0.717) is 32.1 Å². The van der Waals surface area contributed by atoms with E-state index in [2.05, 4.69) is 21.7 Å². The van der Waals surface area contributed by atoms with Crippen LogP contribution in [0.15, 0.2) is 59.6 Å². The van der Waals surface area contributed by atoms with Crippen molar-refractivity contribution in [1.29, 1.82) is 0 Å². The van der Waals surface area contributed by atoms with E-state index >= 15 is 0 Å². The maximum atomic E-state index is 11.0. The molecule has 0 spiro atoms. The van der Waals surface area contributed by atoms with Gasteiger partial charge in [0.05, 0.1) is 13.1 Å². The van der Waals surface area contributed by atoms with Crippen molar-refractivity contribution < 1.29 is 9.84 Å². The number of nitrogens with one attached hydrogen (secondary N) is 2. The molecule has 26 heavy (non-hydrogen) atoms. The summed E-state index contributed by atoms with van der Waals surface area (Å²) in [5.41, 5.74) is 1.35. The lowest BCUT2D eigenvalue weighted by molar-refractivity contribution is 0.0485. The first-order valence-corrected chi connectivity index (χ1v) is 9.22. The van der Waals surface area contributed by atoms with Gasteiger partial charge in [0, 0.05) is 6.54 Å². The minimum absolute atomic E-state index is 0.346. The zero-order valence-corrected chi connectivity index (χ0v) is 15.2. The molecule has 1 unspecified atom stereocenters. The molecule has 0 aromatic heterocycles. The maximum absolute atomic E-state index is 11.0. The van der Waals surface area contributed by atoms with Crippen LogP contribution in [0.1, 0.15) is 24.5 Å². The van der Waals surface area contributed by atoms with Crippen molar-refractivity contribution >= 4 is 5.96 Å². The molecule has 0 saturated carbocycles. The van der Waals surface area contributed by atoms with E-state index in [1.54, 1.807) is 0 Å². The van der Waals surface area contributed by atoms with Crippen LogP contribution in [-0.2, 0) is 12.0 Å². The molecule has 3 rings (SSSR count). The molecule has 138 valence electrons.